The van der Waals surface area contributed by atoms with Gasteiger partial charge in [-0.2, -0.15) is 5.10 Å². The van der Waals surface area contributed by atoms with Crippen molar-refractivity contribution < 1.29 is 9.59 Å². The van der Waals surface area contributed by atoms with Crippen LogP contribution in [0.25, 0.3) is 0 Å². The zero-order chi connectivity index (χ0) is 16.9. The molecule has 0 bridgehead atoms. The van der Waals surface area contributed by atoms with Gasteiger partial charge in [-0.1, -0.05) is 28.1 Å². The summed E-state index contributed by atoms with van der Waals surface area (Å²) in [5, 5.41) is 6.71. The molecule has 0 saturated heterocycles. The highest BCUT2D eigenvalue weighted by Gasteiger charge is 2.25. The van der Waals surface area contributed by atoms with Gasteiger partial charge in [0.1, 0.15) is 11.9 Å². The van der Waals surface area contributed by atoms with E-state index in [9.17, 15) is 9.59 Å². The van der Waals surface area contributed by atoms with Crippen LogP contribution in [0, 0.1) is 0 Å². The third-order valence-electron chi connectivity index (χ3n) is 3.22. The highest BCUT2D eigenvalue weighted by molar-refractivity contribution is 9.10. The van der Waals surface area contributed by atoms with Gasteiger partial charge in [-0.3, -0.25) is 15.2 Å². The predicted molar refractivity (Wildman–Crippen MR) is 91.0 cm³/mol. The molecule has 0 saturated carbocycles. The van der Waals surface area contributed by atoms with E-state index in [2.05, 4.69) is 47.6 Å². The number of hydrazone groups is 1. The van der Waals surface area contributed by atoms with Crippen LogP contribution in [0.4, 0.5) is 4.79 Å². The summed E-state index contributed by atoms with van der Waals surface area (Å²) in [6.07, 6.45) is 2.35. The van der Waals surface area contributed by atoms with E-state index in [0.717, 1.165) is 10.0 Å². The van der Waals surface area contributed by atoms with Crippen molar-refractivity contribution in [2.24, 2.45) is 5.10 Å². The Morgan fingerprint density at radius 3 is 2.71 bits per heavy atom. The van der Waals surface area contributed by atoms with E-state index in [4.69, 9.17) is 0 Å². The molecule has 1 aromatic carbocycles. The Morgan fingerprint density at radius 2 is 2.00 bits per heavy atom. The normalized spacial score (nSPS) is 16.6. The summed E-state index contributed by atoms with van der Waals surface area (Å²) >= 11 is 3.37. The molecule has 1 atom stereocenters. The van der Waals surface area contributed by atoms with Gasteiger partial charge in [0, 0.05) is 22.4 Å². The number of hydrogen-bond acceptors (Lipinski definition) is 5. The highest BCUT2D eigenvalue weighted by atomic mass is 79.9. The van der Waals surface area contributed by atoms with Crippen LogP contribution in [-0.2, 0) is 0 Å². The molecule has 1 aromatic heterocycles. The summed E-state index contributed by atoms with van der Waals surface area (Å²) < 4.78 is 0.925. The fourth-order valence-electron chi connectivity index (χ4n) is 2.07. The van der Waals surface area contributed by atoms with Gasteiger partial charge in [0.15, 0.2) is 0 Å². The number of carbonyl (C=O) groups excluding carboxylic acids is 2. The van der Waals surface area contributed by atoms with Gasteiger partial charge < -0.3 is 5.32 Å². The van der Waals surface area contributed by atoms with Crippen molar-refractivity contribution in [1.29, 1.82) is 0 Å². The quantitative estimate of drug-likeness (QED) is 0.588. The smallest absolute Gasteiger partial charge is 0.314 e. The number of hydrazine groups is 1. The van der Waals surface area contributed by atoms with Gasteiger partial charge in [-0.25, -0.2) is 15.6 Å². The highest BCUT2D eigenvalue weighted by Crippen LogP contribution is 2.13. The van der Waals surface area contributed by atoms with Gasteiger partial charge in [0.05, 0.1) is 5.56 Å². The number of aromatic nitrogens is 1. The van der Waals surface area contributed by atoms with Crippen molar-refractivity contribution in [3.05, 3.63) is 64.4 Å². The molecule has 24 heavy (non-hydrogen) atoms. The molecular formula is C15H13BrN6O2. The molecule has 2 heterocycles. The summed E-state index contributed by atoms with van der Waals surface area (Å²) in [5.41, 5.74) is 9.39. The van der Waals surface area contributed by atoms with Crippen LogP contribution in [0.2, 0.25) is 0 Å². The van der Waals surface area contributed by atoms with E-state index in [1.54, 1.807) is 18.3 Å². The lowest BCUT2D eigenvalue weighted by Gasteiger charge is -2.25. The Hall–Kier alpha value is -2.78. The molecular weight excluding hydrogens is 376 g/mol. The van der Waals surface area contributed by atoms with E-state index in [0.29, 0.717) is 11.3 Å². The van der Waals surface area contributed by atoms with Crippen LogP contribution in [0.3, 0.4) is 0 Å². The molecule has 4 N–H and O–H groups in total. The molecule has 9 heteroatoms. The Balaban J connectivity index is 1.73. The average Bonchev–Trinajstić information content (AvgIpc) is 2.61. The lowest BCUT2D eigenvalue weighted by atomic mass is 10.1. The third-order valence-corrected chi connectivity index (χ3v) is 3.75. The van der Waals surface area contributed by atoms with Crippen molar-refractivity contribution in [1.82, 2.24) is 26.6 Å². The van der Waals surface area contributed by atoms with Gasteiger partial charge in [0.25, 0.3) is 5.91 Å². The van der Waals surface area contributed by atoms with Crippen LogP contribution in [0.5, 0.6) is 0 Å². The van der Waals surface area contributed by atoms with Crippen LogP contribution in [0.15, 0.2) is 58.4 Å². The van der Waals surface area contributed by atoms with E-state index in [-0.39, 0.29) is 5.91 Å². The van der Waals surface area contributed by atoms with Gasteiger partial charge in [-0.05, 0) is 24.3 Å². The minimum absolute atomic E-state index is 0.369. The number of amides is 3. The number of nitrogens with one attached hydrogen (secondary N) is 4. The first-order chi connectivity index (χ1) is 11.6. The van der Waals surface area contributed by atoms with Crippen molar-refractivity contribution in [3.63, 3.8) is 0 Å². The molecule has 3 rings (SSSR count). The van der Waals surface area contributed by atoms with Crippen molar-refractivity contribution >= 4 is 33.6 Å². The summed E-state index contributed by atoms with van der Waals surface area (Å²) in [7, 11) is 0. The first-order valence-electron chi connectivity index (χ1n) is 6.99. The van der Waals surface area contributed by atoms with Gasteiger partial charge in [0.2, 0.25) is 0 Å². The van der Waals surface area contributed by atoms with E-state index in [1.807, 2.05) is 24.3 Å². The maximum absolute atomic E-state index is 12.1. The SMILES string of the molecule is O=C1NN=C(c2ccc(Br)cc2)C(NNC(=O)c2cccnc2)N1. The minimum atomic E-state index is -0.680. The maximum Gasteiger partial charge on any atom is 0.336 e. The lowest BCUT2D eigenvalue weighted by molar-refractivity contribution is 0.0927. The molecule has 1 unspecified atom stereocenters. The van der Waals surface area contributed by atoms with Crippen LogP contribution < -0.4 is 21.6 Å². The van der Waals surface area contributed by atoms with Crippen LogP contribution in [-0.4, -0.2) is 28.8 Å². The fraction of sp³-hybridized carbons (Fsp3) is 0.0667. The second-order valence-electron chi connectivity index (χ2n) is 4.86. The second kappa shape index (κ2) is 7.20. The van der Waals surface area contributed by atoms with E-state index in [1.165, 1.54) is 6.20 Å². The molecule has 8 nitrogen and oxygen atoms in total. The Bertz CT molecular complexity index is 778. The number of benzene rings is 1. The molecule has 3 amide bonds. The Kier molecular flexibility index (Phi) is 4.82. The fourth-order valence-corrected chi connectivity index (χ4v) is 2.33. The summed E-state index contributed by atoms with van der Waals surface area (Å²) in [4.78, 5) is 27.5. The number of hydrogen-bond donors (Lipinski definition) is 4. The number of urea groups is 1. The van der Waals surface area contributed by atoms with Gasteiger partial charge >= 0.3 is 6.03 Å². The number of rotatable bonds is 4. The zero-order valence-corrected chi connectivity index (χ0v) is 13.9. The molecule has 1 aliphatic heterocycles. The standard InChI is InChI=1S/C15H13BrN6O2/c16-11-5-3-9(4-6-11)12-13(18-15(24)22-19-12)20-21-14(23)10-2-1-7-17-8-10/h1-8,13,20H,(H,21,23)(H2,18,22,24). The number of carbonyl (C=O) groups is 2. The third kappa shape index (κ3) is 3.76. The molecule has 122 valence electrons. The topological polar surface area (TPSA) is 108 Å². The molecule has 1 aliphatic rings. The van der Waals surface area contributed by atoms with Crippen molar-refractivity contribution in [2.45, 2.75) is 6.17 Å². The summed E-state index contributed by atoms with van der Waals surface area (Å²) in [6.45, 7) is 0. The van der Waals surface area contributed by atoms with E-state index < -0.39 is 12.2 Å². The molecule has 0 fully saturated rings. The second-order valence-corrected chi connectivity index (χ2v) is 5.78. The number of pyridine rings is 1. The van der Waals surface area contributed by atoms with Gasteiger partial charge in [-0.15, -0.1) is 0 Å². The molecule has 0 radical (unpaired) electrons. The van der Waals surface area contributed by atoms with E-state index >= 15 is 0 Å². The zero-order valence-electron chi connectivity index (χ0n) is 12.3. The monoisotopic (exact) mass is 388 g/mol. The Morgan fingerprint density at radius 1 is 1.21 bits per heavy atom. The average molecular weight is 389 g/mol. The lowest BCUT2D eigenvalue weighted by Crippen LogP contribution is -2.61. The molecule has 2 aromatic rings. The predicted octanol–water partition coefficient (Wildman–Crippen LogP) is 1.12. The first-order valence-corrected chi connectivity index (χ1v) is 7.79. The largest absolute Gasteiger partial charge is 0.336 e. The number of halogens is 1. The first kappa shape index (κ1) is 16.1. The van der Waals surface area contributed by atoms with Crippen molar-refractivity contribution in [2.75, 3.05) is 0 Å². The van der Waals surface area contributed by atoms with Crippen LogP contribution >= 0.6 is 15.9 Å². The summed E-state index contributed by atoms with van der Waals surface area (Å²) in [5.74, 6) is -0.369. The molecule has 0 spiro atoms. The maximum atomic E-state index is 12.1. The Labute approximate surface area is 145 Å². The molecule has 0 aliphatic carbocycles. The minimum Gasteiger partial charge on any atom is -0.314 e. The summed E-state index contributed by atoms with van der Waals surface area (Å²) in [6, 6.07) is 10.2. The van der Waals surface area contributed by atoms with Crippen LogP contribution in [0.1, 0.15) is 15.9 Å². The number of nitrogens with zero attached hydrogens (tertiary/aromatic N) is 2. The van der Waals surface area contributed by atoms with Crippen molar-refractivity contribution in [3.8, 4) is 0 Å².